The van der Waals surface area contributed by atoms with Crippen LogP contribution in [0.3, 0.4) is 0 Å². The molecule has 0 aliphatic heterocycles. The first-order valence-corrected chi connectivity index (χ1v) is 9.61. The van der Waals surface area contributed by atoms with E-state index >= 15 is 0 Å². The zero-order valence-corrected chi connectivity index (χ0v) is 16.4. The van der Waals surface area contributed by atoms with Crippen molar-refractivity contribution < 1.29 is 4.79 Å². The van der Waals surface area contributed by atoms with E-state index in [1.54, 1.807) is 4.68 Å². The molecule has 5 nitrogen and oxygen atoms in total. The summed E-state index contributed by atoms with van der Waals surface area (Å²) in [5.41, 5.74) is 4.33. The molecule has 0 N–H and O–H groups in total. The Labute approximate surface area is 160 Å². The smallest absolute Gasteiger partial charge is 0.255 e. The number of pyridine rings is 1. The van der Waals surface area contributed by atoms with Crippen molar-refractivity contribution in [1.82, 2.24) is 19.7 Å². The van der Waals surface area contributed by atoms with E-state index in [9.17, 15) is 4.79 Å². The summed E-state index contributed by atoms with van der Waals surface area (Å²) in [7, 11) is 1.88. The maximum absolute atomic E-state index is 13.7. The van der Waals surface area contributed by atoms with Gasteiger partial charge < -0.3 is 4.90 Å². The summed E-state index contributed by atoms with van der Waals surface area (Å²) in [6.45, 7) is 6.69. The Hall–Kier alpha value is -2.69. The molecule has 1 aromatic carbocycles. The minimum absolute atomic E-state index is 0.0739. The van der Waals surface area contributed by atoms with Crippen LogP contribution in [0.4, 0.5) is 0 Å². The number of carbonyl (C=O) groups is 1. The molecule has 0 saturated heterocycles. The normalized spacial score (nSPS) is 15.1. The number of hydrogen-bond donors (Lipinski definition) is 0. The molecule has 0 bridgehead atoms. The molecule has 3 aromatic rings. The molecule has 140 valence electrons. The fourth-order valence-electron chi connectivity index (χ4n) is 3.91. The third-order valence-electron chi connectivity index (χ3n) is 5.58. The second-order valence-corrected chi connectivity index (χ2v) is 7.72. The first kappa shape index (κ1) is 17.7. The van der Waals surface area contributed by atoms with Gasteiger partial charge in [-0.15, -0.1) is 0 Å². The molecular formula is C22H26N4O. The topological polar surface area (TPSA) is 51.0 Å². The van der Waals surface area contributed by atoms with Crippen molar-refractivity contribution in [2.75, 3.05) is 0 Å². The van der Waals surface area contributed by atoms with Crippen LogP contribution in [0.1, 0.15) is 47.1 Å². The minimum atomic E-state index is 0.0739. The van der Waals surface area contributed by atoms with Crippen molar-refractivity contribution in [3.63, 3.8) is 0 Å². The number of nitrogens with zero attached hydrogens (tertiary/aromatic N) is 4. The summed E-state index contributed by atoms with van der Waals surface area (Å²) in [6, 6.07) is 12.4. The zero-order valence-electron chi connectivity index (χ0n) is 16.4. The third kappa shape index (κ3) is 3.34. The maximum Gasteiger partial charge on any atom is 0.255 e. The van der Waals surface area contributed by atoms with E-state index in [4.69, 9.17) is 0 Å². The summed E-state index contributed by atoms with van der Waals surface area (Å²) in [6.07, 6.45) is 2.41. The largest absolute Gasteiger partial charge is 0.331 e. The predicted octanol–water partition coefficient (Wildman–Crippen LogP) is 4.03. The summed E-state index contributed by atoms with van der Waals surface area (Å²) in [5, 5.41) is 5.36. The van der Waals surface area contributed by atoms with Crippen LogP contribution in [0.5, 0.6) is 0 Å². The van der Waals surface area contributed by atoms with Crippen LogP contribution >= 0.6 is 0 Å². The van der Waals surface area contributed by atoms with Crippen molar-refractivity contribution >= 4 is 16.9 Å². The summed E-state index contributed by atoms with van der Waals surface area (Å²) in [5.74, 6) is 0.677. The van der Waals surface area contributed by atoms with E-state index in [1.807, 2.05) is 50.1 Å². The first-order valence-electron chi connectivity index (χ1n) is 9.61. The Morgan fingerprint density at radius 3 is 2.63 bits per heavy atom. The van der Waals surface area contributed by atoms with Gasteiger partial charge in [-0.2, -0.15) is 5.10 Å². The SMILES string of the molecule is Cc1cc(C(=O)N(Cc2ccccc2)C(C)C2CC2)c2c(C)nn(C)c2n1. The van der Waals surface area contributed by atoms with Crippen molar-refractivity contribution in [2.24, 2.45) is 13.0 Å². The van der Waals surface area contributed by atoms with E-state index in [0.29, 0.717) is 18.0 Å². The lowest BCUT2D eigenvalue weighted by Gasteiger charge is -2.30. The molecular weight excluding hydrogens is 336 g/mol. The van der Waals surface area contributed by atoms with Gasteiger partial charge in [0.2, 0.25) is 0 Å². The van der Waals surface area contributed by atoms with E-state index < -0.39 is 0 Å². The molecule has 1 atom stereocenters. The number of benzene rings is 1. The number of amides is 1. The van der Waals surface area contributed by atoms with Crippen LogP contribution < -0.4 is 0 Å². The highest BCUT2D eigenvalue weighted by Crippen LogP contribution is 2.37. The van der Waals surface area contributed by atoms with E-state index in [2.05, 4.69) is 29.1 Å². The van der Waals surface area contributed by atoms with Gasteiger partial charge in [0.1, 0.15) is 0 Å². The van der Waals surface area contributed by atoms with Gasteiger partial charge in [0.15, 0.2) is 5.65 Å². The van der Waals surface area contributed by atoms with Crippen LogP contribution in [0.15, 0.2) is 36.4 Å². The van der Waals surface area contributed by atoms with Crippen LogP contribution in [0, 0.1) is 19.8 Å². The molecule has 1 aliphatic rings. The van der Waals surface area contributed by atoms with E-state index in [-0.39, 0.29) is 11.9 Å². The fourth-order valence-corrected chi connectivity index (χ4v) is 3.91. The van der Waals surface area contributed by atoms with Gasteiger partial charge in [-0.3, -0.25) is 9.48 Å². The Morgan fingerprint density at radius 2 is 1.96 bits per heavy atom. The van der Waals surface area contributed by atoms with Crippen LogP contribution in [-0.2, 0) is 13.6 Å². The molecule has 5 heteroatoms. The van der Waals surface area contributed by atoms with Gasteiger partial charge >= 0.3 is 0 Å². The lowest BCUT2D eigenvalue weighted by molar-refractivity contribution is 0.0656. The highest BCUT2D eigenvalue weighted by Gasteiger charge is 2.35. The molecule has 2 heterocycles. The van der Waals surface area contributed by atoms with Gasteiger partial charge in [0.05, 0.1) is 16.6 Å². The Kier molecular flexibility index (Phi) is 4.46. The molecule has 1 unspecified atom stereocenters. The Balaban J connectivity index is 1.78. The molecule has 1 amide bonds. The maximum atomic E-state index is 13.7. The van der Waals surface area contributed by atoms with Gasteiger partial charge in [-0.05, 0) is 51.2 Å². The average molecular weight is 362 g/mol. The van der Waals surface area contributed by atoms with Crippen molar-refractivity contribution in [2.45, 2.75) is 46.2 Å². The van der Waals surface area contributed by atoms with Crippen molar-refractivity contribution in [1.29, 1.82) is 0 Å². The van der Waals surface area contributed by atoms with Gasteiger partial charge in [0, 0.05) is 25.3 Å². The molecule has 1 aliphatic carbocycles. The Morgan fingerprint density at radius 1 is 1.26 bits per heavy atom. The number of fused-ring (bicyclic) bond motifs is 1. The first-order chi connectivity index (χ1) is 13.0. The lowest BCUT2D eigenvalue weighted by atomic mass is 10.0. The lowest BCUT2D eigenvalue weighted by Crippen LogP contribution is -2.39. The Bertz CT molecular complexity index is 988. The van der Waals surface area contributed by atoms with Crippen LogP contribution in [0.25, 0.3) is 11.0 Å². The molecule has 27 heavy (non-hydrogen) atoms. The van der Waals surface area contributed by atoms with Crippen molar-refractivity contribution in [3.8, 4) is 0 Å². The predicted molar refractivity (Wildman–Crippen MR) is 106 cm³/mol. The summed E-state index contributed by atoms with van der Waals surface area (Å²) in [4.78, 5) is 20.4. The van der Waals surface area contributed by atoms with Gasteiger partial charge in [-0.25, -0.2) is 4.98 Å². The third-order valence-corrected chi connectivity index (χ3v) is 5.58. The highest BCUT2D eigenvalue weighted by atomic mass is 16.2. The highest BCUT2D eigenvalue weighted by molar-refractivity contribution is 6.06. The molecule has 1 fully saturated rings. The van der Waals surface area contributed by atoms with E-state index in [0.717, 1.165) is 28.0 Å². The summed E-state index contributed by atoms with van der Waals surface area (Å²) >= 11 is 0. The monoisotopic (exact) mass is 362 g/mol. The number of aryl methyl sites for hydroxylation is 3. The molecule has 0 spiro atoms. The van der Waals surface area contributed by atoms with Gasteiger partial charge in [0.25, 0.3) is 5.91 Å². The molecule has 0 radical (unpaired) electrons. The number of carbonyl (C=O) groups excluding carboxylic acids is 1. The molecule has 2 aromatic heterocycles. The number of aromatic nitrogens is 3. The second kappa shape index (κ2) is 6.80. The number of hydrogen-bond acceptors (Lipinski definition) is 3. The average Bonchev–Trinajstić information content (AvgIpc) is 3.46. The zero-order chi connectivity index (χ0) is 19.1. The fraction of sp³-hybridized carbons (Fsp3) is 0.409. The quantitative estimate of drug-likeness (QED) is 0.689. The summed E-state index contributed by atoms with van der Waals surface area (Å²) < 4.78 is 1.76. The van der Waals surface area contributed by atoms with Crippen LogP contribution in [-0.4, -0.2) is 31.6 Å². The van der Waals surface area contributed by atoms with E-state index in [1.165, 1.54) is 12.8 Å². The van der Waals surface area contributed by atoms with Gasteiger partial charge in [-0.1, -0.05) is 30.3 Å². The minimum Gasteiger partial charge on any atom is -0.331 e. The molecule has 4 rings (SSSR count). The number of rotatable bonds is 5. The standard InChI is InChI=1S/C22H26N4O/c1-14-12-19(20-15(2)24-25(4)21(20)23-14)22(27)26(16(3)18-10-11-18)13-17-8-6-5-7-9-17/h5-9,12,16,18H,10-11,13H2,1-4H3. The van der Waals surface area contributed by atoms with Crippen molar-refractivity contribution in [3.05, 3.63) is 58.9 Å². The second-order valence-electron chi connectivity index (χ2n) is 7.72. The van der Waals surface area contributed by atoms with Crippen LogP contribution in [0.2, 0.25) is 0 Å². The molecule has 1 saturated carbocycles.